The third-order valence-corrected chi connectivity index (χ3v) is 8.13. The van der Waals surface area contributed by atoms with Gasteiger partial charge in [0.2, 0.25) is 5.78 Å². The van der Waals surface area contributed by atoms with E-state index in [1.807, 2.05) is 44.1 Å². The fraction of sp³-hybridized carbons (Fsp3) is 0.242. The number of methoxy groups -OCH3 is 1. The molecule has 2 aliphatic rings. The van der Waals surface area contributed by atoms with E-state index in [0.29, 0.717) is 41.3 Å². The van der Waals surface area contributed by atoms with Crippen LogP contribution in [-0.4, -0.2) is 72.4 Å². The molecule has 0 radical (unpaired) electrons. The minimum absolute atomic E-state index is 0.0158. The maximum absolute atomic E-state index is 13.3. The van der Waals surface area contributed by atoms with E-state index in [1.54, 1.807) is 55.7 Å². The molecule has 2 N–H and O–H groups in total. The van der Waals surface area contributed by atoms with Crippen molar-refractivity contribution in [3.05, 3.63) is 88.8 Å². The van der Waals surface area contributed by atoms with Crippen LogP contribution >= 0.6 is 0 Å². The molecular formula is C33H33N5O5. The standard InChI is InChI=1S/C33H33N5O5/c1-20-25(26-18-24(42-4)10-11-28(26)37(20)3)19-30-31(39)27-17-23(9-12-29(27)43-30)35-33(41)34-22-7-5-21(6-8-22)32(40)38-15-13-36(2)14-16-38/h5-12,17-19H,13-16H2,1-4H3,(H2,34,35,41). The molecule has 1 saturated heterocycles. The molecule has 0 atom stereocenters. The number of nitrogens with zero attached hydrogens (tertiary/aromatic N) is 3. The van der Waals surface area contributed by atoms with E-state index in [-0.39, 0.29) is 17.4 Å². The van der Waals surface area contributed by atoms with Crippen LogP contribution in [0.15, 0.2) is 66.4 Å². The van der Waals surface area contributed by atoms with Gasteiger partial charge in [-0.15, -0.1) is 0 Å². The van der Waals surface area contributed by atoms with E-state index in [4.69, 9.17) is 9.47 Å². The zero-order valence-corrected chi connectivity index (χ0v) is 24.6. The number of benzene rings is 3. The number of ketones is 1. The highest BCUT2D eigenvalue weighted by Gasteiger charge is 2.29. The fourth-order valence-corrected chi connectivity index (χ4v) is 5.47. The molecule has 2 aliphatic heterocycles. The highest BCUT2D eigenvalue weighted by molar-refractivity contribution is 6.16. The zero-order chi connectivity index (χ0) is 30.2. The van der Waals surface area contributed by atoms with Gasteiger partial charge in [-0.2, -0.15) is 0 Å². The van der Waals surface area contributed by atoms with E-state index in [9.17, 15) is 14.4 Å². The molecule has 0 spiro atoms. The molecule has 1 fully saturated rings. The number of piperazine rings is 1. The Labute approximate surface area is 249 Å². The first kappa shape index (κ1) is 28.0. The van der Waals surface area contributed by atoms with Crippen molar-refractivity contribution in [1.82, 2.24) is 14.4 Å². The summed E-state index contributed by atoms with van der Waals surface area (Å²) < 4.78 is 13.4. The predicted octanol–water partition coefficient (Wildman–Crippen LogP) is 5.14. The van der Waals surface area contributed by atoms with Gasteiger partial charge in [0.25, 0.3) is 5.91 Å². The summed E-state index contributed by atoms with van der Waals surface area (Å²) in [6.07, 6.45) is 1.76. The average molecular weight is 580 g/mol. The number of likely N-dealkylation sites (N-methyl/N-ethyl adjacent to an activating group) is 1. The van der Waals surface area contributed by atoms with Crippen molar-refractivity contribution < 1.29 is 23.9 Å². The number of carbonyl (C=O) groups is 3. The maximum Gasteiger partial charge on any atom is 0.323 e. The Morgan fingerprint density at radius 2 is 1.60 bits per heavy atom. The van der Waals surface area contributed by atoms with Gasteiger partial charge in [0.1, 0.15) is 11.5 Å². The third kappa shape index (κ3) is 5.44. The minimum atomic E-state index is -0.472. The number of aromatic nitrogens is 1. The normalized spacial score (nSPS) is 15.9. The average Bonchev–Trinajstić information content (AvgIpc) is 3.45. The van der Waals surface area contributed by atoms with Gasteiger partial charge in [-0.05, 0) is 80.7 Å². The van der Waals surface area contributed by atoms with E-state index in [2.05, 4.69) is 20.1 Å². The highest BCUT2D eigenvalue weighted by atomic mass is 16.5. The molecule has 43 heavy (non-hydrogen) atoms. The van der Waals surface area contributed by atoms with Gasteiger partial charge in [-0.25, -0.2) is 4.79 Å². The fourth-order valence-electron chi connectivity index (χ4n) is 5.47. The van der Waals surface area contributed by atoms with Crippen LogP contribution in [0.25, 0.3) is 17.0 Å². The summed E-state index contributed by atoms with van der Waals surface area (Å²) in [4.78, 5) is 42.9. The molecule has 4 aromatic rings. The lowest BCUT2D eigenvalue weighted by atomic mass is 10.1. The lowest BCUT2D eigenvalue weighted by Crippen LogP contribution is -2.47. The molecule has 3 heterocycles. The Balaban J connectivity index is 1.13. The number of carbonyl (C=O) groups excluding carboxylic acids is 3. The number of rotatable bonds is 5. The Kier molecular flexibility index (Phi) is 7.37. The second-order valence-electron chi connectivity index (χ2n) is 10.8. The molecule has 220 valence electrons. The smallest absolute Gasteiger partial charge is 0.323 e. The number of allylic oxidation sites excluding steroid dienone is 1. The van der Waals surface area contributed by atoms with Crippen LogP contribution in [0, 0.1) is 6.92 Å². The summed E-state index contributed by atoms with van der Waals surface area (Å²) in [6.45, 7) is 5.08. The number of aryl methyl sites for hydroxylation is 1. The quantitative estimate of drug-likeness (QED) is 0.317. The van der Waals surface area contributed by atoms with Crippen LogP contribution in [0.1, 0.15) is 32.0 Å². The van der Waals surface area contributed by atoms with Gasteiger partial charge in [0.05, 0.1) is 12.7 Å². The van der Waals surface area contributed by atoms with E-state index in [1.165, 1.54) is 0 Å². The molecular weight excluding hydrogens is 546 g/mol. The van der Waals surface area contributed by atoms with Crippen molar-refractivity contribution in [2.45, 2.75) is 6.92 Å². The molecule has 10 nitrogen and oxygen atoms in total. The van der Waals surface area contributed by atoms with Crippen LogP contribution in [-0.2, 0) is 7.05 Å². The monoisotopic (exact) mass is 579 g/mol. The van der Waals surface area contributed by atoms with Gasteiger partial charge >= 0.3 is 6.03 Å². The van der Waals surface area contributed by atoms with Crippen LogP contribution in [0.5, 0.6) is 11.5 Å². The second-order valence-corrected chi connectivity index (χ2v) is 10.8. The summed E-state index contributed by atoms with van der Waals surface area (Å²) in [5.74, 6) is 1.08. The number of amides is 3. The van der Waals surface area contributed by atoms with Crippen LogP contribution in [0.4, 0.5) is 16.2 Å². The van der Waals surface area contributed by atoms with Gasteiger partial charge < -0.3 is 34.5 Å². The molecule has 0 bridgehead atoms. The topological polar surface area (TPSA) is 105 Å². The van der Waals surface area contributed by atoms with E-state index in [0.717, 1.165) is 41.0 Å². The predicted molar refractivity (Wildman–Crippen MR) is 166 cm³/mol. The van der Waals surface area contributed by atoms with Crippen LogP contribution in [0.3, 0.4) is 0 Å². The van der Waals surface area contributed by atoms with Gasteiger partial charge in [-0.1, -0.05) is 0 Å². The number of Topliss-reactive ketones (excluding diaryl/α,β-unsaturated/α-hetero) is 1. The van der Waals surface area contributed by atoms with Crippen molar-refractivity contribution in [2.75, 3.05) is 51.0 Å². The van der Waals surface area contributed by atoms with Crippen molar-refractivity contribution >= 4 is 46.1 Å². The molecule has 10 heteroatoms. The number of nitrogens with one attached hydrogen (secondary N) is 2. The highest BCUT2D eigenvalue weighted by Crippen LogP contribution is 2.36. The third-order valence-electron chi connectivity index (χ3n) is 8.13. The lowest BCUT2D eigenvalue weighted by Gasteiger charge is -2.32. The van der Waals surface area contributed by atoms with Gasteiger partial charge in [0, 0.05) is 72.3 Å². The molecule has 0 saturated carbocycles. The number of hydrogen-bond donors (Lipinski definition) is 2. The summed E-state index contributed by atoms with van der Waals surface area (Å²) in [6, 6.07) is 17.1. The molecule has 3 aromatic carbocycles. The van der Waals surface area contributed by atoms with Gasteiger partial charge in [0.15, 0.2) is 5.76 Å². The zero-order valence-electron chi connectivity index (χ0n) is 24.6. The van der Waals surface area contributed by atoms with Crippen LogP contribution in [0.2, 0.25) is 0 Å². The molecule has 3 amide bonds. The Morgan fingerprint density at radius 1 is 0.907 bits per heavy atom. The number of anilines is 2. The Bertz CT molecular complexity index is 1780. The molecule has 0 aliphatic carbocycles. The largest absolute Gasteiger partial charge is 0.497 e. The lowest BCUT2D eigenvalue weighted by molar-refractivity contribution is 0.0664. The van der Waals surface area contributed by atoms with Crippen molar-refractivity contribution in [3.63, 3.8) is 0 Å². The number of ether oxygens (including phenoxy) is 2. The second kappa shape index (κ2) is 11.3. The molecule has 0 unspecified atom stereocenters. The van der Waals surface area contributed by atoms with Crippen molar-refractivity contribution in [3.8, 4) is 11.5 Å². The first-order valence-corrected chi connectivity index (χ1v) is 14.1. The SMILES string of the molecule is COc1ccc2c(c1)c(C=C1Oc3ccc(NC(=O)Nc4ccc(C(=O)N5CCN(C)CC5)cc4)cc3C1=O)c(C)n2C. The van der Waals surface area contributed by atoms with E-state index >= 15 is 0 Å². The summed E-state index contributed by atoms with van der Waals surface area (Å²) >= 11 is 0. The number of fused-ring (bicyclic) bond motifs is 2. The Hall–Kier alpha value is -5.09. The van der Waals surface area contributed by atoms with E-state index < -0.39 is 6.03 Å². The first-order chi connectivity index (χ1) is 20.7. The summed E-state index contributed by atoms with van der Waals surface area (Å²) in [5.41, 5.74) is 4.81. The van der Waals surface area contributed by atoms with Crippen molar-refractivity contribution in [1.29, 1.82) is 0 Å². The Morgan fingerprint density at radius 3 is 2.33 bits per heavy atom. The summed E-state index contributed by atoms with van der Waals surface area (Å²) in [7, 11) is 5.64. The van der Waals surface area contributed by atoms with Crippen molar-refractivity contribution in [2.24, 2.45) is 7.05 Å². The summed E-state index contributed by atoms with van der Waals surface area (Å²) in [5, 5.41) is 6.50. The van der Waals surface area contributed by atoms with Crippen LogP contribution < -0.4 is 20.1 Å². The molecule has 6 rings (SSSR count). The maximum atomic E-state index is 13.3. The number of urea groups is 1. The minimum Gasteiger partial charge on any atom is -0.497 e. The first-order valence-electron chi connectivity index (χ1n) is 14.1. The van der Waals surface area contributed by atoms with Gasteiger partial charge in [-0.3, -0.25) is 9.59 Å². The number of hydrogen-bond acceptors (Lipinski definition) is 6. The molecule has 1 aromatic heterocycles.